The lowest BCUT2D eigenvalue weighted by Gasteiger charge is -2.06. The van der Waals surface area contributed by atoms with Gasteiger partial charge in [0.1, 0.15) is 5.75 Å². The maximum absolute atomic E-state index is 12.2. The van der Waals surface area contributed by atoms with Crippen LogP contribution < -0.4 is 15.5 Å². The molecule has 3 rings (SSSR count). The van der Waals surface area contributed by atoms with E-state index in [1.165, 1.54) is 6.21 Å². The van der Waals surface area contributed by atoms with E-state index in [1.54, 1.807) is 54.6 Å². The van der Waals surface area contributed by atoms with Gasteiger partial charge in [-0.3, -0.25) is 9.59 Å². The molecule has 0 radical (unpaired) electrons. The van der Waals surface area contributed by atoms with Crippen molar-refractivity contribution in [1.29, 1.82) is 0 Å². The van der Waals surface area contributed by atoms with Crippen molar-refractivity contribution in [3.05, 3.63) is 98.6 Å². The second-order valence-corrected chi connectivity index (χ2v) is 7.95. The van der Waals surface area contributed by atoms with Gasteiger partial charge in [0.25, 0.3) is 11.8 Å². The first-order valence-electron chi connectivity index (χ1n) is 9.66. The number of hydrogen-bond donors (Lipinski definition) is 2. The lowest BCUT2D eigenvalue weighted by atomic mass is 10.1. The number of hydrogen-bond acceptors (Lipinski definition) is 5. The van der Waals surface area contributed by atoms with Crippen molar-refractivity contribution in [2.24, 2.45) is 5.10 Å². The SMILES string of the molecule is Cc1cccc(C(=O)Oc2ccc(/C=N\NC(=O)CNC(=O)c3ccccc3I)cc2)c1. The van der Waals surface area contributed by atoms with Crippen LogP contribution in [-0.4, -0.2) is 30.5 Å². The molecule has 3 aromatic rings. The lowest BCUT2D eigenvalue weighted by molar-refractivity contribution is -0.120. The molecular formula is C24H20IN3O4. The molecular weight excluding hydrogens is 521 g/mol. The van der Waals surface area contributed by atoms with Gasteiger partial charge in [-0.1, -0.05) is 29.8 Å². The summed E-state index contributed by atoms with van der Waals surface area (Å²) in [5, 5.41) is 6.43. The van der Waals surface area contributed by atoms with Crippen LogP contribution in [-0.2, 0) is 4.79 Å². The van der Waals surface area contributed by atoms with Crippen LogP contribution in [0.25, 0.3) is 0 Å². The Kier molecular flexibility index (Phi) is 8.09. The van der Waals surface area contributed by atoms with Crippen molar-refractivity contribution in [2.75, 3.05) is 6.54 Å². The minimum absolute atomic E-state index is 0.199. The average molecular weight is 541 g/mol. The van der Waals surface area contributed by atoms with Crippen molar-refractivity contribution < 1.29 is 19.1 Å². The zero-order valence-electron chi connectivity index (χ0n) is 17.2. The van der Waals surface area contributed by atoms with Crippen molar-refractivity contribution >= 4 is 46.6 Å². The van der Waals surface area contributed by atoms with Crippen LogP contribution in [0.2, 0.25) is 0 Å². The van der Waals surface area contributed by atoms with Gasteiger partial charge in [0.15, 0.2) is 0 Å². The van der Waals surface area contributed by atoms with Crippen LogP contribution in [0.1, 0.15) is 31.8 Å². The first-order valence-corrected chi connectivity index (χ1v) is 10.7. The van der Waals surface area contributed by atoms with Crippen LogP contribution in [0.4, 0.5) is 0 Å². The third-order valence-corrected chi connectivity index (χ3v) is 5.22. The topological polar surface area (TPSA) is 96.9 Å². The molecule has 0 atom stereocenters. The number of benzene rings is 3. The number of ether oxygens (including phenoxy) is 1. The van der Waals surface area contributed by atoms with E-state index in [0.29, 0.717) is 22.4 Å². The van der Waals surface area contributed by atoms with Gasteiger partial charge < -0.3 is 10.1 Å². The highest BCUT2D eigenvalue weighted by Gasteiger charge is 2.10. The zero-order chi connectivity index (χ0) is 22.9. The Morgan fingerprint density at radius 3 is 2.47 bits per heavy atom. The predicted molar refractivity (Wildman–Crippen MR) is 130 cm³/mol. The van der Waals surface area contributed by atoms with E-state index >= 15 is 0 Å². The molecule has 0 saturated heterocycles. The van der Waals surface area contributed by atoms with E-state index in [-0.39, 0.29) is 12.5 Å². The van der Waals surface area contributed by atoms with Gasteiger partial charge in [0, 0.05) is 3.57 Å². The van der Waals surface area contributed by atoms with Gasteiger partial charge in [-0.05, 0) is 83.6 Å². The van der Waals surface area contributed by atoms with Crippen molar-refractivity contribution in [2.45, 2.75) is 6.92 Å². The highest BCUT2D eigenvalue weighted by atomic mass is 127. The maximum Gasteiger partial charge on any atom is 0.343 e. The van der Waals surface area contributed by atoms with Gasteiger partial charge in [-0.15, -0.1) is 0 Å². The number of halogens is 1. The molecule has 0 aliphatic heterocycles. The summed E-state index contributed by atoms with van der Waals surface area (Å²) in [6.07, 6.45) is 1.45. The molecule has 7 nitrogen and oxygen atoms in total. The normalized spacial score (nSPS) is 10.6. The first kappa shape index (κ1) is 23.1. The Hall–Kier alpha value is -3.53. The van der Waals surface area contributed by atoms with E-state index in [4.69, 9.17) is 4.74 Å². The molecule has 0 bridgehead atoms. The largest absolute Gasteiger partial charge is 0.423 e. The minimum Gasteiger partial charge on any atom is -0.423 e. The number of esters is 1. The molecule has 8 heteroatoms. The summed E-state index contributed by atoms with van der Waals surface area (Å²) in [6.45, 7) is 1.70. The van der Waals surface area contributed by atoms with Crippen molar-refractivity contribution in [3.63, 3.8) is 0 Å². The second-order valence-electron chi connectivity index (χ2n) is 6.78. The van der Waals surface area contributed by atoms with Gasteiger partial charge in [0.2, 0.25) is 0 Å². The molecule has 0 aromatic heterocycles. The summed E-state index contributed by atoms with van der Waals surface area (Å²) < 4.78 is 6.16. The first-order chi connectivity index (χ1) is 15.4. The standard InChI is InChI=1S/C24H20IN3O4/c1-16-5-4-6-18(13-16)24(31)32-19-11-9-17(10-12-19)14-27-28-22(29)15-26-23(30)20-7-2-3-8-21(20)25/h2-14H,15H2,1H3,(H,26,30)(H,28,29)/b27-14-. The minimum atomic E-state index is -0.454. The van der Waals surface area contributed by atoms with Gasteiger partial charge in [-0.25, -0.2) is 10.2 Å². The summed E-state index contributed by atoms with van der Waals surface area (Å²) >= 11 is 2.06. The average Bonchev–Trinajstić information content (AvgIpc) is 2.79. The van der Waals surface area contributed by atoms with E-state index in [9.17, 15) is 14.4 Å². The molecule has 0 spiro atoms. The number of nitrogens with one attached hydrogen (secondary N) is 2. The van der Waals surface area contributed by atoms with E-state index in [2.05, 4.69) is 38.4 Å². The van der Waals surface area contributed by atoms with Crippen LogP contribution in [0.5, 0.6) is 5.75 Å². The number of carbonyl (C=O) groups is 3. The van der Waals surface area contributed by atoms with Crippen molar-refractivity contribution in [3.8, 4) is 5.75 Å². The molecule has 3 aromatic carbocycles. The van der Waals surface area contributed by atoms with Gasteiger partial charge >= 0.3 is 5.97 Å². The fraction of sp³-hybridized carbons (Fsp3) is 0.0833. The Morgan fingerprint density at radius 2 is 1.75 bits per heavy atom. The van der Waals surface area contributed by atoms with Gasteiger partial charge in [-0.2, -0.15) is 5.10 Å². The molecule has 0 saturated carbocycles. The Labute approximate surface area is 199 Å². The van der Waals surface area contributed by atoms with Crippen LogP contribution >= 0.6 is 22.6 Å². The van der Waals surface area contributed by atoms with Crippen LogP contribution in [0.3, 0.4) is 0 Å². The van der Waals surface area contributed by atoms with E-state index < -0.39 is 11.9 Å². The third kappa shape index (κ3) is 6.74. The Morgan fingerprint density at radius 1 is 1.00 bits per heavy atom. The maximum atomic E-state index is 12.2. The highest BCUT2D eigenvalue weighted by Crippen LogP contribution is 2.14. The zero-order valence-corrected chi connectivity index (χ0v) is 19.3. The molecule has 2 amide bonds. The quantitative estimate of drug-likeness (QED) is 0.157. The molecule has 0 aliphatic rings. The number of carbonyl (C=O) groups excluding carboxylic acids is 3. The fourth-order valence-corrected chi connectivity index (χ4v) is 3.31. The highest BCUT2D eigenvalue weighted by molar-refractivity contribution is 14.1. The number of hydrazone groups is 1. The Balaban J connectivity index is 1.46. The third-order valence-electron chi connectivity index (χ3n) is 4.28. The molecule has 0 fully saturated rings. The second kappa shape index (κ2) is 11.2. The molecule has 0 heterocycles. The molecule has 32 heavy (non-hydrogen) atoms. The smallest absolute Gasteiger partial charge is 0.343 e. The predicted octanol–water partition coefficient (Wildman–Crippen LogP) is 3.70. The molecule has 2 N–H and O–H groups in total. The fourth-order valence-electron chi connectivity index (χ4n) is 2.68. The van der Waals surface area contributed by atoms with E-state index in [1.807, 2.05) is 25.1 Å². The Bertz CT molecular complexity index is 1160. The number of rotatable bonds is 7. The summed E-state index contributed by atoms with van der Waals surface area (Å²) in [5.41, 5.74) is 5.01. The number of nitrogens with zero attached hydrogens (tertiary/aromatic N) is 1. The summed E-state index contributed by atoms with van der Waals surface area (Å²) in [4.78, 5) is 36.2. The van der Waals surface area contributed by atoms with Crippen LogP contribution in [0.15, 0.2) is 77.9 Å². The molecule has 162 valence electrons. The molecule has 0 unspecified atom stereocenters. The number of amides is 2. The summed E-state index contributed by atoms with van der Waals surface area (Å²) in [6, 6.07) is 20.9. The monoisotopic (exact) mass is 541 g/mol. The number of aryl methyl sites for hydroxylation is 1. The van der Waals surface area contributed by atoms with E-state index in [0.717, 1.165) is 9.13 Å². The van der Waals surface area contributed by atoms with Crippen molar-refractivity contribution in [1.82, 2.24) is 10.7 Å². The van der Waals surface area contributed by atoms with Gasteiger partial charge in [0.05, 0.1) is 23.9 Å². The summed E-state index contributed by atoms with van der Waals surface area (Å²) in [5.74, 6) is -0.820. The molecule has 0 aliphatic carbocycles. The summed E-state index contributed by atoms with van der Waals surface area (Å²) in [7, 11) is 0. The van der Waals surface area contributed by atoms with Crippen LogP contribution in [0, 0.1) is 10.5 Å². The lowest BCUT2D eigenvalue weighted by Crippen LogP contribution is -2.35.